The Kier molecular flexibility index (Phi) is 7.02. The van der Waals surface area contributed by atoms with Crippen molar-refractivity contribution in [1.29, 1.82) is 0 Å². The number of H-pyrrole nitrogens is 1. The summed E-state index contributed by atoms with van der Waals surface area (Å²) in [4.78, 5) is 17.9. The number of likely N-dealkylation sites (tertiary alicyclic amines) is 1. The fraction of sp³-hybridized carbons (Fsp3) is 0.550. The van der Waals surface area contributed by atoms with Crippen LogP contribution in [-0.2, 0) is 11.2 Å². The van der Waals surface area contributed by atoms with E-state index in [0.717, 1.165) is 24.9 Å². The summed E-state index contributed by atoms with van der Waals surface area (Å²) in [6, 6.07) is 8.28. The Morgan fingerprint density at radius 1 is 1.36 bits per heavy atom. The third-order valence-corrected chi connectivity index (χ3v) is 4.96. The molecule has 138 valence electrons. The third-order valence-electron chi connectivity index (χ3n) is 4.96. The Morgan fingerprint density at radius 2 is 2.08 bits per heavy atom. The van der Waals surface area contributed by atoms with Gasteiger partial charge in [-0.1, -0.05) is 32.0 Å². The summed E-state index contributed by atoms with van der Waals surface area (Å²) in [6.07, 6.45) is 3.11. The van der Waals surface area contributed by atoms with Crippen molar-refractivity contribution >= 4 is 16.8 Å². The Morgan fingerprint density at radius 3 is 2.76 bits per heavy atom. The second-order valence-corrected chi connectivity index (χ2v) is 6.39. The van der Waals surface area contributed by atoms with Crippen molar-refractivity contribution in [1.82, 2.24) is 15.2 Å². The monoisotopic (exact) mass is 345 g/mol. The van der Waals surface area contributed by atoms with Crippen molar-refractivity contribution in [2.45, 2.75) is 45.8 Å². The normalized spacial score (nSPS) is 21.8. The summed E-state index contributed by atoms with van der Waals surface area (Å²) in [5, 5.41) is 14.4. The fourth-order valence-corrected chi connectivity index (χ4v) is 3.65. The molecule has 1 fully saturated rings. The summed E-state index contributed by atoms with van der Waals surface area (Å²) in [5.74, 6) is -0.290. The maximum Gasteiger partial charge on any atom is 0.229 e. The van der Waals surface area contributed by atoms with E-state index in [1.807, 2.05) is 44.1 Å². The van der Waals surface area contributed by atoms with Crippen molar-refractivity contribution < 1.29 is 9.90 Å². The number of fused-ring (bicyclic) bond motifs is 1. The molecule has 1 aliphatic rings. The van der Waals surface area contributed by atoms with E-state index in [-0.39, 0.29) is 17.9 Å². The molecule has 0 bridgehead atoms. The van der Waals surface area contributed by atoms with Gasteiger partial charge in [-0.2, -0.15) is 0 Å². The van der Waals surface area contributed by atoms with Gasteiger partial charge in [0.1, 0.15) is 0 Å². The second-order valence-electron chi connectivity index (χ2n) is 6.39. The van der Waals surface area contributed by atoms with E-state index in [1.54, 1.807) is 6.92 Å². The van der Waals surface area contributed by atoms with Crippen molar-refractivity contribution in [2.75, 3.05) is 20.1 Å². The first-order chi connectivity index (χ1) is 12.1. The summed E-state index contributed by atoms with van der Waals surface area (Å²) in [7, 11) is 1.86. The quantitative estimate of drug-likeness (QED) is 0.780. The molecule has 0 saturated carbocycles. The molecule has 0 radical (unpaired) electrons. The minimum Gasteiger partial charge on any atom is -0.393 e. The van der Waals surface area contributed by atoms with Crippen molar-refractivity contribution in [3.63, 3.8) is 0 Å². The van der Waals surface area contributed by atoms with E-state index in [9.17, 15) is 9.90 Å². The highest BCUT2D eigenvalue weighted by Crippen LogP contribution is 2.23. The average Bonchev–Trinajstić information content (AvgIpc) is 3.05. The highest BCUT2D eigenvalue weighted by molar-refractivity contribution is 5.83. The molecule has 5 heteroatoms. The number of aromatic amines is 1. The van der Waals surface area contributed by atoms with Crippen molar-refractivity contribution in [3.05, 3.63) is 36.0 Å². The van der Waals surface area contributed by atoms with E-state index < -0.39 is 6.10 Å². The highest BCUT2D eigenvalue weighted by Gasteiger charge is 2.38. The first kappa shape index (κ1) is 19.5. The van der Waals surface area contributed by atoms with Gasteiger partial charge in [-0.15, -0.1) is 0 Å². The minimum absolute atomic E-state index is 0.0606. The second kappa shape index (κ2) is 9.02. The number of carbonyl (C=O) groups is 1. The van der Waals surface area contributed by atoms with E-state index in [0.29, 0.717) is 6.54 Å². The average molecular weight is 345 g/mol. The van der Waals surface area contributed by atoms with Gasteiger partial charge in [-0.3, -0.25) is 4.79 Å². The van der Waals surface area contributed by atoms with Gasteiger partial charge < -0.3 is 20.3 Å². The molecule has 1 aliphatic heterocycles. The number of aromatic nitrogens is 1. The lowest BCUT2D eigenvalue weighted by atomic mass is 9.87. The van der Waals surface area contributed by atoms with Crippen LogP contribution >= 0.6 is 0 Å². The number of rotatable bonds is 5. The van der Waals surface area contributed by atoms with E-state index >= 15 is 0 Å². The zero-order valence-corrected chi connectivity index (χ0v) is 15.7. The van der Waals surface area contributed by atoms with Crippen LogP contribution in [0, 0.1) is 5.92 Å². The summed E-state index contributed by atoms with van der Waals surface area (Å²) >= 11 is 0. The molecule has 1 saturated heterocycles. The molecule has 2 aromatic rings. The molecular formula is C20H31N3O2. The van der Waals surface area contributed by atoms with E-state index in [4.69, 9.17) is 0 Å². The van der Waals surface area contributed by atoms with Gasteiger partial charge in [0, 0.05) is 36.2 Å². The maximum absolute atomic E-state index is 12.7. The van der Waals surface area contributed by atoms with Gasteiger partial charge in [0.15, 0.2) is 0 Å². The number of carbonyl (C=O) groups excluding carboxylic acids is 1. The van der Waals surface area contributed by atoms with Crippen molar-refractivity contribution in [2.24, 2.45) is 5.92 Å². The van der Waals surface area contributed by atoms with Crippen LogP contribution < -0.4 is 5.32 Å². The van der Waals surface area contributed by atoms with Crippen molar-refractivity contribution in [3.8, 4) is 0 Å². The molecule has 0 spiro atoms. The molecule has 2 heterocycles. The van der Waals surface area contributed by atoms with Crippen LogP contribution in [0.3, 0.4) is 0 Å². The predicted octanol–water partition coefficient (Wildman–Crippen LogP) is 2.55. The summed E-state index contributed by atoms with van der Waals surface area (Å²) < 4.78 is 0. The number of nitrogens with one attached hydrogen (secondary N) is 2. The SMILES string of the molecule is CC.CN[C@H]1CCN(CCc2c[nH]c3ccccc23)C(=O)C1C(C)O. The molecule has 3 rings (SSSR count). The third kappa shape index (κ3) is 4.22. The number of aliphatic hydroxyl groups is 1. The number of hydrogen-bond acceptors (Lipinski definition) is 3. The molecule has 1 amide bonds. The van der Waals surface area contributed by atoms with Gasteiger partial charge in [-0.05, 0) is 38.4 Å². The van der Waals surface area contributed by atoms with Gasteiger partial charge in [0.2, 0.25) is 5.91 Å². The molecule has 25 heavy (non-hydrogen) atoms. The Bertz CT molecular complexity index is 680. The fourth-order valence-electron chi connectivity index (χ4n) is 3.65. The smallest absolute Gasteiger partial charge is 0.229 e. The molecule has 3 atom stereocenters. The summed E-state index contributed by atoms with van der Waals surface area (Å²) in [6.45, 7) is 7.15. The van der Waals surface area contributed by atoms with Gasteiger partial charge in [-0.25, -0.2) is 0 Å². The molecule has 2 unspecified atom stereocenters. The number of aliphatic hydroxyl groups excluding tert-OH is 1. The number of hydrogen-bond donors (Lipinski definition) is 3. The molecule has 0 aliphatic carbocycles. The molecule has 1 aromatic heterocycles. The first-order valence-electron chi connectivity index (χ1n) is 9.31. The van der Waals surface area contributed by atoms with Gasteiger partial charge in [0.05, 0.1) is 12.0 Å². The van der Waals surface area contributed by atoms with Crippen LogP contribution in [-0.4, -0.2) is 53.2 Å². The first-order valence-corrected chi connectivity index (χ1v) is 9.31. The molecular weight excluding hydrogens is 314 g/mol. The molecule has 1 aromatic carbocycles. The van der Waals surface area contributed by atoms with Gasteiger partial charge >= 0.3 is 0 Å². The van der Waals surface area contributed by atoms with E-state index in [2.05, 4.69) is 22.4 Å². The van der Waals surface area contributed by atoms with Crippen LogP contribution in [0.25, 0.3) is 10.9 Å². The lowest BCUT2D eigenvalue weighted by Gasteiger charge is -2.39. The topological polar surface area (TPSA) is 68.4 Å². The largest absolute Gasteiger partial charge is 0.393 e. The lowest BCUT2D eigenvalue weighted by Crippen LogP contribution is -2.55. The zero-order chi connectivity index (χ0) is 18.4. The summed E-state index contributed by atoms with van der Waals surface area (Å²) in [5.41, 5.74) is 2.36. The molecule has 5 nitrogen and oxygen atoms in total. The number of piperidine rings is 1. The van der Waals surface area contributed by atoms with Gasteiger partial charge in [0.25, 0.3) is 0 Å². The minimum atomic E-state index is -0.629. The standard InChI is InChI=1S/C18H25N3O2.C2H6/c1-12(22)17-16(19-2)8-10-21(18(17)23)9-7-13-11-20-15-6-4-3-5-14(13)15;1-2/h3-6,11-12,16-17,19-20,22H,7-10H2,1-2H3;1-2H3/t12?,16-,17?;/m0./s1. The number of benzene rings is 1. The Hall–Kier alpha value is -1.85. The lowest BCUT2D eigenvalue weighted by molar-refractivity contribution is -0.144. The van der Waals surface area contributed by atoms with Crippen LogP contribution in [0.15, 0.2) is 30.5 Å². The highest BCUT2D eigenvalue weighted by atomic mass is 16.3. The predicted molar refractivity (Wildman–Crippen MR) is 103 cm³/mol. The number of nitrogens with zero attached hydrogens (tertiary/aromatic N) is 1. The van der Waals surface area contributed by atoms with Crippen LogP contribution in [0.4, 0.5) is 0 Å². The van der Waals surface area contributed by atoms with E-state index in [1.165, 1.54) is 10.9 Å². The Labute approximate surface area is 150 Å². The van der Waals surface area contributed by atoms with Crippen LogP contribution in [0.2, 0.25) is 0 Å². The molecule has 3 N–H and O–H groups in total. The van der Waals surface area contributed by atoms with Crippen LogP contribution in [0.5, 0.6) is 0 Å². The zero-order valence-electron chi connectivity index (χ0n) is 15.7. The van der Waals surface area contributed by atoms with Crippen LogP contribution in [0.1, 0.15) is 32.8 Å². The Balaban J connectivity index is 0.00000109. The number of para-hydroxylation sites is 1. The maximum atomic E-state index is 12.7. The number of amides is 1.